The number of hydrogen-bond donors (Lipinski definition) is 1. The number of aryl methyl sites for hydroxylation is 2. The first-order chi connectivity index (χ1) is 16.1. The molecule has 0 saturated carbocycles. The number of amides is 1. The largest absolute Gasteiger partial charge is 0.446 e. The third-order valence-corrected chi connectivity index (χ3v) is 5.86. The Kier molecular flexibility index (Phi) is 8.46. The van der Waals surface area contributed by atoms with Crippen molar-refractivity contribution in [2.75, 3.05) is 6.54 Å². The highest BCUT2D eigenvalue weighted by atomic mass is 16.6. The number of cyclic esters (lactones) is 1. The summed E-state index contributed by atoms with van der Waals surface area (Å²) in [5, 5.41) is 9.95. The summed E-state index contributed by atoms with van der Waals surface area (Å²) in [6.45, 7) is 10.1. The lowest BCUT2D eigenvalue weighted by molar-refractivity contribution is -0.0309. The Morgan fingerprint density at radius 3 is 2.00 bits per heavy atom. The van der Waals surface area contributed by atoms with E-state index in [-0.39, 0.29) is 18.2 Å². The van der Waals surface area contributed by atoms with E-state index in [9.17, 15) is 9.90 Å². The molecule has 1 amide bonds. The van der Waals surface area contributed by atoms with Crippen molar-refractivity contribution in [2.24, 2.45) is 0 Å². The van der Waals surface area contributed by atoms with Crippen LogP contribution in [0.25, 0.3) is 11.1 Å². The highest BCUT2D eigenvalue weighted by Gasteiger charge is 2.33. The molecule has 0 radical (unpaired) electrons. The molecule has 1 fully saturated rings. The smallest absolute Gasteiger partial charge is 0.410 e. The van der Waals surface area contributed by atoms with Gasteiger partial charge in [-0.05, 0) is 63.4 Å². The van der Waals surface area contributed by atoms with E-state index in [0.717, 1.165) is 34.5 Å². The number of hydrogen-bond acceptors (Lipinski definition) is 4. The van der Waals surface area contributed by atoms with E-state index < -0.39 is 5.60 Å². The SMILES string of the molecule is Cc1cc(-c2ccc(C(C)N3CCC(CC(C)(C)O)OC3=O)cc2)cc(C)n1.c1ccccc1. The van der Waals surface area contributed by atoms with Gasteiger partial charge in [-0.2, -0.15) is 0 Å². The first-order valence-electron chi connectivity index (χ1n) is 11.9. The van der Waals surface area contributed by atoms with Crippen molar-refractivity contribution in [1.82, 2.24) is 9.88 Å². The maximum atomic E-state index is 12.5. The minimum Gasteiger partial charge on any atom is -0.446 e. The van der Waals surface area contributed by atoms with Crippen molar-refractivity contribution in [2.45, 2.75) is 65.2 Å². The molecule has 34 heavy (non-hydrogen) atoms. The monoisotopic (exact) mass is 460 g/mol. The third kappa shape index (κ3) is 7.42. The van der Waals surface area contributed by atoms with Gasteiger partial charge in [-0.25, -0.2) is 4.79 Å². The molecule has 2 unspecified atom stereocenters. The summed E-state index contributed by atoms with van der Waals surface area (Å²) in [5.41, 5.74) is 4.53. The first kappa shape index (κ1) is 25.4. The van der Waals surface area contributed by atoms with E-state index in [1.54, 1.807) is 18.7 Å². The average Bonchev–Trinajstić information content (AvgIpc) is 2.79. The van der Waals surface area contributed by atoms with Gasteiger partial charge in [0.05, 0.1) is 11.6 Å². The molecular weight excluding hydrogens is 424 g/mol. The van der Waals surface area contributed by atoms with E-state index in [0.29, 0.717) is 13.0 Å². The predicted octanol–water partition coefficient (Wildman–Crippen LogP) is 6.48. The Morgan fingerprint density at radius 2 is 1.53 bits per heavy atom. The molecule has 1 N–H and O–H groups in total. The molecular formula is C29H36N2O3. The Balaban J connectivity index is 0.000000469. The van der Waals surface area contributed by atoms with Gasteiger partial charge in [-0.1, -0.05) is 60.7 Å². The summed E-state index contributed by atoms with van der Waals surface area (Å²) in [6.07, 6.45) is 0.655. The lowest BCUT2D eigenvalue weighted by atomic mass is 9.97. The molecule has 2 atom stereocenters. The molecule has 1 aliphatic rings. The van der Waals surface area contributed by atoms with Gasteiger partial charge in [0.2, 0.25) is 0 Å². The van der Waals surface area contributed by atoms with Gasteiger partial charge in [0.25, 0.3) is 0 Å². The van der Waals surface area contributed by atoms with Gasteiger partial charge in [0, 0.05) is 30.8 Å². The van der Waals surface area contributed by atoms with Gasteiger partial charge in [-0.15, -0.1) is 0 Å². The Hall–Kier alpha value is -3.18. The standard InChI is InChI=1S/C23H30N2O3.C6H6/c1-15-12-20(13-16(2)24-15)19-8-6-18(7-9-19)17(3)25-11-10-21(28-22(25)26)14-23(4,5)27;1-2-4-6-5-3-1/h6-9,12-13,17,21,27H,10-11,14H2,1-5H3;1-6H. The van der Waals surface area contributed by atoms with Crippen molar-refractivity contribution in [3.05, 3.63) is 89.7 Å². The van der Waals surface area contributed by atoms with Crippen LogP contribution in [0.3, 0.4) is 0 Å². The third-order valence-electron chi connectivity index (χ3n) is 5.86. The molecule has 5 heteroatoms. The second-order valence-corrected chi connectivity index (χ2v) is 9.60. The number of ether oxygens (including phenoxy) is 1. The molecule has 0 spiro atoms. The number of aliphatic hydroxyl groups is 1. The lowest BCUT2D eigenvalue weighted by Crippen LogP contribution is -2.45. The fourth-order valence-electron chi connectivity index (χ4n) is 4.22. The van der Waals surface area contributed by atoms with Crippen LogP contribution in [-0.2, 0) is 4.74 Å². The van der Waals surface area contributed by atoms with Gasteiger partial charge >= 0.3 is 6.09 Å². The topological polar surface area (TPSA) is 62.7 Å². The molecule has 3 aromatic rings. The average molecular weight is 461 g/mol. The van der Waals surface area contributed by atoms with Crippen LogP contribution in [-0.4, -0.2) is 39.3 Å². The van der Waals surface area contributed by atoms with E-state index in [1.807, 2.05) is 57.2 Å². The number of benzene rings is 2. The van der Waals surface area contributed by atoms with E-state index >= 15 is 0 Å². The predicted molar refractivity (Wildman–Crippen MR) is 137 cm³/mol. The number of pyridine rings is 1. The van der Waals surface area contributed by atoms with Crippen LogP contribution in [0.4, 0.5) is 4.79 Å². The second-order valence-electron chi connectivity index (χ2n) is 9.60. The molecule has 1 saturated heterocycles. The van der Waals surface area contributed by atoms with Crippen molar-refractivity contribution in [3.63, 3.8) is 0 Å². The van der Waals surface area contributed by atoms with Gasteiger partial charge in [-0.3, -0.25) is 4.98 Å². The second kappa shape index (κ2) is 11.3. The van der Waals surface area contributed by atoms with Crippen LogP contribution < -0.4 is 0 Å². The number of rotatable bonds is 5. The minimum atomic E-state index is -0.835. The van der Waals surface area contributed by atoms with Crippen LogP contribution in [0.15, 0.2) is 72.8 Å². The van der Waals surface area contributed by atoms with Crippen LogP contribution in [0.2, 0.25) is 0 Å². The molecule has 2 heterocycles. The van der Waals surface area contributed by atoms with Crippen molar-refractivity contribution < 1.29 is 14.6 Å². The van der Waals surface area contributed by atoms with E-state index in [2.05, 4.69) is 41.4 Å². The number of carbonyl (C=O) groups is 1. The zero-order valence-electron chi connectivity index (χ0n) is 20.9. The Labute approximate surface area is 203 Å². The fraction of sp³-hybridized carbons (Fsp3) is 0.379. The summed E-state index contributed by atoms with van der Waals surface area (Å²) in [4.78, 5) is 18.7. The molecule has 1 aromatic heterocycles. The maximum Gasteiger partial charge on any atom is 0.410 e. The molecule has 1 aliphatic heterocycles. The Bertz CT molecular complexity index is 1010. The maximum absolute atomic E-state index is 12.5. The van der Waals surface area contributed by atoms with Gasteiger partial charge in [0.1, 0.15) is 6.10 Å². The van der Waals surface area contributed by atoms with Gasteiger partial charge in [0.15, 0.2) is 0 Å². The number of carbonyl (C=O) groups excluding carboxylic acids is 1. The van der Waals surface area contributed by atoms with Crippen molar-refractivity contribution in [3.8, 4) is 11.1 Å². The molecule has 0 aliphatic carbocycles. The lowest BCUT2D eigenvalue weighted by Gasteiger charge is -2.37. The summed E-state index contributed by atoms with van der Waals surface area (Å²) in [7, 11) is 0. The highest BCUT2D eigenvalue weighted by molar-refractivity contribution is 5.69. The van der Waals surface area contributed by atoms with E-state index in [4.69, 9.17) is 4.74 Å². The summed E-state index contributed by atoms with van der Waals surface area (Å²) >= 11 is 0. The Morgan fingerprint density at radius 1 is 1.00 bits per heavy atom. The van der Waals surface area contributed by atoms with E-state index in [1.165, 1.54) is 0 Å². The van der Waals surface area contributed by atoms with Crippen LogP contribution >= 0.6 is 0 Å². The minimum absolute atomic E-state index is 0.0643. The normalized spacial score (nSPS) is 16.8. The van der Waals surface area contributed by atoms with Crippen LogP contribution in [0.1, 0.15) is 56.6 Å². The number of aromatic nitrogens is 1. The number of nitrogens with zero attached hydrogens (tertiary/aromatic N) is 2. The molecule has 4 rings (SSSR count). The molecule has 5 nitrogen and oxygen atoms in total. The zero-order chi connectivity index (χ0) is 24.7. The van der Waals surface area contributed by atoms with Crippen molar-refractivity contribution >= 4 is 6.09 Å². The summed E-state index contributed by atoms with van der Waals surface area (Å²) in [6, 6.07) is 24.4. The van der Waals surface area contributed by atoms with Crippen molar-refractivity contribution in [1.29, 1.82) is 0 Å². The van der Waals surface area contributed by atoms with Gasteiger partial charge < -0.3 is 14.7 Å². The summed E-state index contributed by atoms with van der Waals surface area (Å²) < 4.78 is 5.56. The fourth-order valence-corrected chi connectivity index (χ4v) is 4.22. The highest BCUT2D eigenvalue weighted by Crippen LogP contribution is 2.29. The first-order valence-corrected chi connectivity index (χ1v) is 11.9. The van der Waals surface area contributed by atoms with Crippen LogP contribution in [0.5, 0.6) is 0 Å². The zero-order valence-corrected chi connectivity index (χ0v) is 20.9. The molecule has 180 valence electrons. The quantitative estimate of drug-likeness (QED) is 0.473. The molecule has 2 aromatic carbocycles. The summed E-state index contributed by atoms with van der Waals surface area (Å²) in [5.74, 6) is 0. The molecule has 0 bridgehead atoms. The van der Waals surface area contributed by atoms with Crippen LogP contribution in [0, 0.1) is 13.8 Å².